The van der Waals surface area contributed by atoms with Crippen molar-refractivity contribution < 1.29 is 9.90 Å². The number of carboxylic acid groups (broad SMARTS) is 1. The van der Waals surface area contributed by atoms with Crippen molar-refractivity contribution in [3.8, 4) is 11.8 Å². The van der Waals surface area contributed by atoms with Gasteiger partial charge in [0.05, 0.1) is 22.3 Å². The molecule has 0 amide bonds. The number of rotatable bonds is 2. The van der Waals surface area contributed by atoms with Gasteiger partial charge in [0.1, 0.15) is 11.6 Å². The van der Waals surface area contributed by atoms with Gasteiger partial charge in [0, 0.05) is 0 Å². The van der Waals surface area contributed by atoms with Gasteiger partial charge in [-0.3, -0.25) is 0 Å². The highest BCUT2D eigenvalue weighted by Crippen LogP contribution is 2.20. The summed E-state index contributed by atoms with van der Waals surface area (Å²) in [5.74, 6) is -1.02. The third-order valence-electron chi connectivity index (χ3n) is 2.95. The molecule has 2 aromatic carbocycles. The second-order valence-electron chi connectivity index (χ2n) is 4.14. The summed E-state index contributed by atoms with van der Waals surface area (Å²) < 4.78 is 1.47. The number of nitrogens with zero attached hydrogens (tertiary/aromatic N) is 4. The lowest BCUT2D eigenvalue weighted by Crippen LogP contribution is -2.01. The number of para-hydroxylation sites is 1. The van der Waals surface area contributed by atoms with Crippen molar-refractivity contribution in [1.82, 2.24) is 15.0 Å². The van der Waals surface area contributed by atoms with Crippen molar-refractivity contribution in [2.75, 3.05) is 0 Å². The number of carbonyl (C=O) groups is 1. The van der Waals surface area contributed by atoms with Crippen LogP contribution in [0.4, 0.5) is 0 Å². The van der Waals surface area contributed by atoms with Crippen molar-refractivity contribution in [2.24, 2.45) is 0 Å². The van der Waals surface area contributed by atoms with Crippen LogP contribution < -0.4 is 0 Å². The number of benzene rings is 2. The van der Waals surface area contributed by atoms with Crippen LogP contribution in [0.3, 0.4) is 0 Å². The SMILES string of the molecule is N#Cc1ccccc1-n1nnc2ccc(C(=O)O)cc21. The Morgan fingerprint density at radius 3 is 2.80 bits per heavy atom. The Bertz CT molecular complexity index is 861. The third-order valence-corrected chi connectivity index (χ3v) is 2.95. The number of nitriles is 1. The molecule has 6 heteroatoms. The lowest BCUT2D eigenvalue weighted by atomic mass is 10.1. The molecular weight excluding hydrogens is 256 g/mol. The first-order valence-corrected chi connectivity index (χ1v) is 5.79. The minimum Gasteiger partial charge on any atom is -0.478 e. The van der Waals surface area contributed by atoms with Crippen LogP contribution in [0.15, 0.2) is 42.5 Å². The Morgan fingerprint density at radius 2 is 2.05 bits per heavy atom. The molecule has 0 fully saturated rings. The molecule has 0 aliphatic carbocycles. The van der Waals surface area contributed by atoms with Crippen molar-refractivity contribution in [1.29, 1.82) is 5.26 Å². The van der Waals surface area contributed by atoms with Crippen molar-refractivity contribution in [3.63, 3.8) is 0 Å². The van der Waals surface area contributed by atoms with E-state index in [2.05, 4.69) is 16.4 Å². The first-order valence-electron chi connectivity index (χ1n) is 5.79. The van der Waals surface area contributed by atoms with Crippen LogP contribution in [-0.4, -0.2) is 26.1 Å². The predicted octanol–water partition coefficient (Wildman–Crippen LogP) is 1.99. The molecule has 96 valence electrons. The van der Waals surface area contributed by atoms with Crippen LogP contribution in [0.5, 0.6) is 0 Å². The molecule has 1 N–H and O–H groups in total. The van der Waals surface area contributed by atoms with Gasteiger partial charge in [-0.25, -0.2) is 9.48 Å². The summed E-state index contributed by atoms with van der Waals surface area (Å²) >= 11 is 0. The number of carboxylic acids is 1. The zero-order valence-corrected chi connectivity index (χ0v) is 10.2. The Kier molecular flexibility index (Phi) is 2.66. The molecule has 0 atom stereocenters. The topological polar surface area (TPSA) is 91.8 Å². The molecule has 0 aliphatic rings. The van der Waals surface area contributed by atoms with Gasteiger partial charge in [-0.15, -0.1) is 5.10 Å². The summed E-state index contributed by atoms with van der Waals surface area (Å²) in [6.45, 7) is 0. The lowest BCUT2D eigenvalue weighted by molar-refractivity contribution is 0.0697. The minimum atomic E-state index is -1.02. The maximum absolute atomic E-state index is 11.0. The molecule has 0 radical (unpaired) electrons. The summed E-state index contributed by atoms with van der Waals surface area (Å²) in [5.41, 5.74) is 2.28. The minimum absolute atomic E-state index is 0.149. The Balaban J connectivity index is 2.29. The molecule has 0 bridgehead atoms. The quantitative estimate of drug-likeness (QED) is 0.764. The first kappa shape index (κ1) is 11.9. The van der Waals surface area contributed by atoms with E-state index in [-0.39, 0.29) is 5.56 Å². The molecule has 20 heavy (non-hydrogen) atoms. The number of aromatic nitrogens is 3. The van der Waals surface area contributed by atoms with Crippen molar-refractivity contribution >= 4 is 17.0 Å². The molecule has 3 aromatic rings. The van der Waals surface area contributed by atoms with E-state index in [0.29, 0.717) is 22.3 Å². The Morgan fingerprint density at radius 1 is 1.25 bits per heavy atom. The summed E-state index contributed by atoms with van der Waals surface area (Å²) in [4.78, 5) is 11.0. The van der Waals surface area contributed by atoms with E-state index in [4.69, 9.17) is 10.4 Å². The van der Waals surface area contributed by atoms with E-state index >= 15 is 0 Å². The van der Waals surface area contributed by atoms with Gasteiger partial charge in [0.2, 0.25) is 0 Å². The number of hydrogen-bond acceptors (Lipinski definition) is 4. The smallest absolute Gasteiger partial charge is 0.335 e. The maximum Gasteiger partial charge on any atom is 0.335 e. The summed E-state index contributed by atoms with van der Waals surface area (Å²) in [5, 5.41) is 26.1. The molecule has 1 heterocycles. The maximum atomic E-state index is 11.0. The van der Waals surface area contributed by atoms with Gasteiger partial charge in [-0.1, -0.05) is 17.3 Å². The van der Waals surface area contributed by atoms with Gasteiger partial charge in [-0.05, 0) is 30.3 Å². The highest BCUT2D eigenvalue weighted by atomic mass is 16.4. The van der Waals surface area contributed by atoms with Crippen LogP contribution in [-0.2, 0) is 0 Å². The largest absolute Gasteiger partial charge is 0.478 e. The van der Waals surface area contributed by atoms with Crippen molar-refractivity contribution in [3.05, 3.63) is 53.6 Å². The van der Waals surface area contributed by atoms with Crippen LogP contribution in [0.25, 0.3) is 16.7 Å². The molecule has 0 saturated carbocycles. The third kappa shape index (κ3) is 1.78. The summed E-state index contributed by atoms with van der Waals surface area (Å²) in [6.07, 6.45) is 0. The van der Waals surface area contributed by atoms with E-state index in [1.165, 1.54) is 16.8 Å². The predicted molar refractivity (Wildman–Crippen MR) is 70.5 cm³/mol. The molecule has 3 rings (SSSR count). The van der Waals surface area contributed by atoms with Gasteiger partial charge >= 0.3 is 5.97 Å². The van der Waals surface area contributed by atoms with Gasteiger partial charge in [0.25, 0.3) is 0 Å². The standard InChI is InChI=1S/C14H8N4O2/c15-8-10-3-1-2-4-12(10)18-13-7-9(14(19)20)5-6-11(13)16-17-18/h1-7H,(H,19,20). The van der Waals surface area contributed by atoms with Gasteiger partial charge in [-0.2, -0.15) is 5.26 Å². The molecule has 6 nitrogen and oxygen atoms in total. The first-order chi connectivity index (χ1) is 9.70. The van der Waals surface area contributed by atoms with E-state index in [1.807, 2.05) is 0 Å². The number of fused-ring (bicyclic) bond motifs is 1. The monoisotopic (exact) mass is 264 g/mol. The molecule has 0 saturated heterocycles. The summed E-state index contributed by atoms with van der Waals surface area (Å²) in [6, 6.07) is 13.6. The average Bonchev–Trinajstić information content (AvgIpc) is 2.89. The van der Waals surface area contributed by atoms with Crippen LogP contribution >= 0.6 is 0 Å². The van der Waals surface area contributed by atoms with Gasteiger partial charge in [0.15, 0.2) is 0 Å². The highest BCUT2D eigenvalue weighted by molar-refractivity contribution is 5.92. The molecule has 0 aliphatic heterocycles. The molecule has 0 spiro atoms. The van der Waals surface area contributed by atoms with E-state index in [0.717, 1.165) is 0 Å². The molecule has 1 aromatic heterocycles. The summed E-state index contributed by atoms with van der Waals surface area (Å²) in [7, 11) is 0. The Hall–Kier alpha value is -3.20. The molecular formula is C14H8N4O2. The second kappa shape index (κ2) is 4.48. The Labute approximate surface area is 113 Å². The van der Waals surface area contributed by atoms with Crippen LogP contribution in [0.1, 0.15) is 15.9 Å². The van der Waals surface area contributed by atoms with E-state index < -0.39 is 5.97 Å². The zero-order chi connectivity index (χ0) is 14.1. The number of hydrogen-bond donors (Lipinski definition) is 1. The highest BCUT2D eigenvalue weighted by Gasteiger charge is 2.12. The second-order valence-corrected chi connectivity index (χ2v) is 4.14. The van der Waals surface area contributed by atoms with Crippen LogP contribution in [0.2, 0.25) is 0 Å². The van der Waals surface area contributed by atoms with E-state index in [9.17, 15) is 4.79 Å². The van der Waals surface area contributed by atoms with Crippen LogP contribution in [0, 0.1) is 11.3 Å². The normalized spacial score (nSPS) is 10.3. The van der Waals surface area contributed by atoms with Gasteiger partial charge < -0.3 is 5.11 Å². The van der Waals surface area contributed by atoms with Crippen molar-refractivity contribution in [2.45, 2.75) is 0 Å². The fraction of sp³-hybridized carbons (Fsp3) is 0. The fourth-order valence-electron chi connectivity index (χ4n) is 1.98. The fourth-order valence-corrected chi connectivity index (χ4v) is 1.98. The average molecular weight is 264 g/mol. The number of aromatic carboxylic acids is 1. The zero-order valence-electron chi connectivity index (χ0n) is 10.2. The lowest BCUT2D eigenvalue weighted by Gasteiger charge is -2.04. The van der Waals surface area contributed by atoms with E-state index in [1.54, 1.807) is 30.3 Å². The molecule has 0 unspecified atom stereocenters.